The molecule has 1 unspecified atom stereocenters. The Kier molecular flexibility index (Phi) is 5.66. The standard InChI is InChI=1S/C14H26N2O2/c1-5-15-11-12(14(18)13(11)17)16(4)9-7-6-8-10(2)3/h10,14-15,18H,5-9H2,1-4H3. The molecular weight excluding hydrogens is 228 g/mol. The molecule has 2 N–H and O–H groups in total. The molecule has 0 spiro atoms. The fraction of sp³-hybridized carbons (Fsp3) is 0.786. The Balaban J connectivity index is 2.45. The summed E-state index contributed by atoms with van der Waals surface area (Å²) in [6.45, 7) is 8.00. The number of likely N-dealkylation sites (N-methyl/N-ethyl adjacent to an activating group) is 2. The zero-order chi connectivity index (χ0) is 13.7. The zero-order valence-corrected chi connectivity index (χ0v) is 12.0. The van der Waals surface area contributed by atoms with Gasteiger partial charge >= 0.3 is 0 Å². The van der Waals surface area contributed by atoms with E-state index in [1.54, 1.807) is 0 Å². The molecule has 4 nitrogen and oxygen atoms in total. The van der Waals surface area contributed by atoms with E-state index in [9.17, 15) is 9.90 Å². The summed E-state index contributed by atoms with van der Waals surface area (Å²) in [4.78, 5) is 13.5. The first-order chi connectivity index (χ1) is 8.49. The van der Waals surface area contributed by atoms with Crippen molar-refractivity contribution in [2.24, 2.45) is 5.92 Å². The molecular formula is C14H26N2O2. The number of carbonyl (C=O) groups excluding carboxylic acids is 1. The van der Waals surface area contributed by atoms with Gasteiger partial charge in [0.15, 0.2) is 6.10 Å². The van der Waals surface area contributed by atoms with Gasteiger partial charge in [0.25, 0.3) is 0 Å². The van der Waals surface area contributed by atoms with Gasteiger partial charge in [-0.3, -0.25) is 4.79 Å². The summed E-state index contributed by atoms with van der Waals surface area (Å²) < 4.78 is 0. The molecule has 1 rings (SSSR count). The summed E-state index contributed by atoms with van der Waals surface area (Å²) in [6.07, 6.45) is 2.59. The van der Waals surface area contributed by atoms with Gasteiger partial charge in [0.1, 0.15) is 5.70 Å². The van der Waals surface area contributed by atoms with Crippen molar-refractivity contribution in [1.29, 1.82) is 0 Å². The quantitative estimate of drug-likeness (QED) is 0.645. The van der Waals surface area contributed by atoms with E-state index >= 15 is 0 Å². The third-order valence-electron chi connectivity index (χ3n) is 3.30. The lowest BCUT2D eigenvalue weighted by Crippen LogP contribution is -2.48. The van der Waals surface area contributed by atoms with E-state index in [4.69, 9.17) is 0 Å². The summed E-state index contributed by atoms with van der Waals surface area (Å²) in [6, 6.07) is 0. The molecule has 0 amide bonds. The van der Waals surface area contributed by atoms with Crippen LogP contribution >= 0.6 is 0 Å². The number of nitrogens with one attached hydrogen (secondary N) is 1. The topological polar surface area (TPSA) is 52.6 Å². The average molecular weight is 254 g/mol. The highest BCUT2D eigenvalue weighted by Gasteiger charge is 2.39. The molecule has 0 saturated carbocycles. The number of Topliss-reactive ketones (excluding diaryl/α,β-unsaturated/α-hetero) is 1. The molecule has 0 aromatic heterocycles. The summed E-state index contributed by atoms with van der Waals surface area (Å²) in [5.41, 5.74) is 1.35. The molecule has 0 bridgehead atoms. The van der Waals surface area contributed by atoms with Gasteiger partial charge in [-0.25, -0.2) is 0 Å². The molecule has 0 radical (unpaired) electrons. The van der Waals surface area contributed by atoms with Crippen LogP contribution in [-0.2, 0) is 4.79 Å². The number of hydrogen-bond donors (Lipinski definition) is 2. The van der Waals surface area contributed by atoms with Gasteiger partial charge in [-0.05, 0) is 19.3 Å². The van der Waals surface area contributed by atoms with E-state index in [-0.39, 0.29) is 5.78 Å². The number of aliphatic hydroxyl groups is 1. The summed E-state index contributed by atoms with van der Waals surface area (Å²) in [7, 11) is 1.94. The number of aliphatic hydroxyl groups excluding tert-OH is 1. The van der Waals surface area contributed by atoms with E-state index in [2.05, 4.69) is 19.2 Å². The van der Waals surface area contributed by atoms with Crippen LogP contribution in [0.3, 0.4) is 0 Å². The minimum atomic E-state index is -0.922. The number of nitrogens with zero attached hydrogens (tertiary/aromatic N) is 1. The van der Waals surface area contributed by atoms with E-state index < -0.39 is 6.10 Å². The fourth-order valence-electron chi connectivity index (χ4n) is 2.22. The van der Waals surface area contributed by atoms with Crippen molar-refractivity contribution in [1.82, 2.24) is 10.2 Å². The minimum absolute atomic E-state index is 0.180. The highest BCUT2D eigenvalue weighted by molar-refractivity contribution is 6.07. The first-order valence-electron chi connectivity index (χ1n) is 6.90. The molecule has 1 atom stereocenters. The van der Waals surface area contributed by atoms with Gasteiger partial charge in [-0.1, -0.05) is 26.7 Å². The van der Waals surface area contributed by atoms with E-state index in [1.807, 2.05) is 18.9 Å². The van der Waals surface area contributed by atoms with Crippen LogP contribution in [0.4, 0.5) is 0 Å². The molecule has 0 aromatic carbocycles. The van der Waals surface area contributed by atoms with Crippen LogP contribution in [0.15, 0.2) is 11.4 Å². The number of unbranched alkanes of at least 4 members (excludes halogenated alkanes) is 1. The first-order valence-corrected chi connectivity index (χ1v) is 6.90. The molecule has 0 aliphatic heterocycles. The van der Waals surface area contributed by atoms with Gasteiger partial charge in [-0.2, -0.15) is 0 Å². The minimum Gasteiger partial charge on any atom is -0.381 e. The first kappa shape index (κ1) is 15.0. The molecule has 18 heavy (non-hydrogen) atoms. The van der Waals surface area contributed by atoms with Crippen molar-refractivity contribution >= 4 is 5.78 Å². The van der Waals surface area contributed by atoms with Gasteiger partial charge in [-0.15, -0.1) is 0 Å². The molecule has 0 aromatic rings. The Morgan fingerprint density at radius 3 is 2.61 bits per heavy atom. The predicted octanol–water partition coefficient (Wildman–Crippen LogP) is 1.51. The zero-order valence-electron chi connectivity index (χ0n) is 12.0. The van der Waals surface area contributed by atoms with Gasteiger partial charge in [0.05, 0.1) is 5.70 Å². The SMILES string of the molecule is CCNC1=C(N(C)CCCCC(C)C)C(O)C1=O. The van der Waals surface area contributed by atoms with Crippen LogP contribution in [0.2, 0.25) is 0 Å². The van der Waals surface area contributed by atoms with Crippen LogP contribution in [-0.4, -0.2) is 42.0 Å². The summed E-state index contributed by atoms with van der Waals surface area (Å²) in [5, 5.41) is 12.7. The molecule has 1 aliphatic carbocycles. The van der Waals surface area contributed by atoms with Crippen LogP contribution in [0.5, 0.6) is 0 Å². The maximum absolute atomic E-state index is 11.5. The predicted molar refractivity (Wildman–Crippen MR) is 73.0 cm³/mol. The van der Waals surface area contributed by atoms with E-state index in [0.29, 0.717) is 12.2 Å². The Morgan fingerprint density at radius 2 is 2.06 bits per heavy atom. The lowest BCUT2D eigenvalue weighted by Gasteiger charge is -2.35. The highest BCUT2D eigenvalue weighted by atomic mass is 16.3. The number of ketones is 1. The van der Waals surface area contributed by atoms with Gasteiger partial charge < -0.3 is 15.3 Å². The number of carbonyl (C=O) groups is 1. The summed E-state index contributed by atoms with van der Waals surface area (Å²) >= 11 is 0. The van der Waals surface area contributed by atoms with Crippen LogP contribution in [0, 0.1) is 5.92 Å². The van der Waals surface area contributed by atoms with Crippen LogP contribution in [0.1, 0.15) is 40.0 Å². The molecule has 1 aliphatic rings. The van der Waals surface area contributed by atoms with Crippen molar-refractivity contribution in [3.05, 3.63) is 11.4 Å². The fourth-order valence-corrected chi connectivity index (χ4v) is 2.22. The van der Waals surface area contributed by atoms with E-state index in [1.165, 1.54) is 12.8 Å². The average Bonchev–Trinajstić information content (AvgIpc) is 2.33. The normalized spacial score (nSPS) is 19.2. The Hall–Kier alpha value is -1.03. The third-order valence-corrected chi connectivity index (χ3v) is 3.30. The summed E-state index contributed by atoms with van der Waals surface area (Å²) in [5.74, 6) is 0.559. The second-order valence-electron chi connectivity index (χ2n) is 5.37. The molecule has 0 fully saturated rings. The van der Waals surface area contributed by atoms with Crippen molar-refractivity contribution in [3.63, 3.8) is 0 Å². The Morgan fingerprint density at radius 1 is 1.39 bits per heavy atom. The van der Waals surface area contributed by atoms with Crippen molar-refractivity contribution in [2.75, 3.05) is 20.1 Å². The largest absolute Gasteiger partial charge is 0.381 e. The lowest BCUT2D eigenvalue weighted by atomic mass is 9.93. The Labute approximate surface area is 110 Å². The van der Waals surface area contributed by atoms with Gasteiger partial charge in [0.2, 0.25) is 5.78 Å². The molecule has 104 valence electrons. The molecule has 0 heterocycles. The smallest absolute Gasteiger partial charge is 0.215 e. The second-order valence-corrected chi connectivity index (χ2v) is 5.37. The molecule has 0 saturated heterocycles. The van der Waals surface area contributed by atoms with Gasteiger partial charge in [0, 0.05) is 20.1 Å². The Bertz CT molecular complexity index is 324. The maximum Gasteiger partial charge on any atom is 0.215 e. The molecule has 4 heteroatoms. The second kappa shape index (κ2) is 6.78. The monoisotopic (exact) mass is 254 g/mol. The third kappa shape index (κ3) is 3.48. The van der Waals surface area contributed by atoms with Crippen molar-refractivity contribution < 1.29 is 9.90 Å². The van der Waals surface area contributed by atoms with Crippen LogP contribution in [0.25, 0.3) is 0 Å². The van der Waals surface area contributed by atoms with Crippen molar-refractivity contribution in [3.8, 4) is 0 Å². The van der Waals surface area contributed by atoms with E-state index in [0.717, 1.165) is 24.6 Å². The van der Waals surface area contributed by atoms with Crippen molar-refractivity contribution in [2.45, 2.75) is 46.1 Å². The lowest BCUT2D eigenvalue weighted by molar-refractivity contribution is -0.126. The number of hydrogen-bond acceptors (Lipinski definition) is 4. The number of rotatable bonds is 8. The maximum atomic E-state index is 11.5. The highest BCUT2D eigenvalue weighted by Crippen LogP contribution is 2.25. The van der Waals surface area contributed by atoms with Crippen LogP contribution < -0.4 is 5.32 Å².